The predicted octanol–water partition coefficient (Wildman–Crippen LogP) is 6.57. The molecule has 2 amide bonds. The van der Waals surface area contributed by atoms with Crippen molar-refractivity contribution in [2.24, 2.45) is 11.8 Å². The lowest BCUT2D eigenvalue weighted by molar-refractivity contribution is -0.136. The van der Waals surface area contributed by atoms with Gasteiger partial charge in [0.05, 0.1) is 25.0 Å². The molecule has 2 N–H and O–H groups in total. The molecule has 1 saturated carbocycles. The van der Waals surface area contributed by atoms with Gasteiger partial charge in [0.1, 0.15) is 11.9 Å². The number of aromatic nitrogens is 2. The molecule has 1 saturated heterocycles. The maximum atomic E-state index is 13.8. The van der Waals surface area contributed by atoms with Crippen LogP contribution in [0.15, 0.2) is 35.4 Å². The first-order valence-corrected chi connectivity index (χ1v) is 14.5. The molecule has 2 heterocycles. The van der Waals surface area contributed by atoms with Crippen LogP contribution in [0.3, 0.4) is 0 Å². The average molecular weight is 527 g/mol. The molecular weight excluding hydrogens is 484 g/mol. The highest BCUT2D eigenvalue weighted by atomic mass is 32.2. The number of carbonyl (C=O) groups is 2. The summed E-state index contributed by atoms with van der Waals surface area (Å²) in [6.07, 6.45) is 8.36. The standard InChI is InChI=1S/C29H42N4O3S/c1-19(2)29(3,4)37-22-15-13-20(14-16-22)23-18-30-26(31-23)24-12-9-17-33(24)27(34)25(32-28(35)36-5)21-10-7-6-8-11-21/h13-16,18-19,21,24-25H,6-12,17H2,1-5H3,(H,30,31)(H,32,35). The molecule has 8 heteroatoms. The number of hydrogen-bond acceptors (Lipinski definition) is 5. The Balaban J connectivity index is 1.49. The molecular formula is C29H42N4O3S. The fourth-order valence-corrected chi connectivity index (χ4v) is 6.42. The average Bonchev–Trinajstić information content (AvgIpc) is 3.57. The number of imidazole rings is 1. The number of alkyl carbamates (subject to hydrolysis) is 1. The van der Waals surface area contributed by atoms with E-state index in [0.717, 1.165) is 55.6 Å². The summed E-state index contributed by atoms with van der Waals surface area (Å²) in [6, 6.07) is 7.93. The zero-order valence-electron chi connectivity index (χ0n) is 22.9. The number of H-pyrrole nitrogens is 1. The molecule has 1 aliphatic heterocycles. The van der Waals surface area contributed by atoms with E-state index in [1.54, 1.807) is 0 Å². The van der Waals surface area contributed by atoms with E-state index >= 15 is 0 Å². The van der Waals surface area contributed by atoms with Crippen molar-refractivity contribution in [3.05, 3.63) is 36.3 Å². The normalized spacial score (nSPS) is 19.7. The van der Waals surface area contributed by atoms with E-state index in [2.05, 4.69) is 62.3 Å². The third-order valence-electron chi connectivity index (χ3n) is 8.23. The molecule has 0 bridgehead atoms. The van der Waals surface area contributed by atoms with Gasteiger partial charge in [-0.15, -0.1) is 11.8 Å². The number of amides is 2. The maximum absolute atomic E-state index is 13.8. The van der Waals surface area contributed by atoms with Gasteiger partial charge < -0.3 is 19.9 Å². The van der Waals surface area contributed by atoms with Gasteiger partial charge in [0, 0.05) is 16.2 Å². The fraction of sp³-hybridized carbons (Fsp3) is 0.621. The summed E-state index contributed by atoms with van der Waals surface area (Å²) in [4.78, 5) is 37.2. The number of aromatic amines is 1. The smallest absolute Gasteiger partial charge is 0.407 e. The largest absolute Gasteiger partial charge is 0.453 e. The van der Waals surface area contributed by atoms with Crippen molar-refractivity contribution in [1.82, 2.24) is 20.2 Å². The number of carbonyl (C=O) groups excluding carboxylic acids is 2. The lowest BCUT2D eigenvalue weighted by Gasteiger charge is -2.34. The molecule has 37 heavy (non-hydrogen) atoms. The van der Waals surface area contributed by atoms with Crippen LogP contribution in [0.5, 0.6) is 0 Å². The molecule has 4 rings (SSSR count). The van der Waals surface area contributed by atoms with E-state index in [9.17, 15) is 9.59 Å². The van der Waals surface area contributed by atoms with E-state index in [1.807, 2.05) is 22.9 Å². The Hall–Kier alpha value is -2.48. The molecule has 7 nitrogen and oxygen atoms in total. The number of likely N-dealkylation sites (tertiary alicyclic amines) is 1. The summed E-state index contributed by atoms with van der Waals surface area (Å²) < 4.78 is 5.02. The number of methoxy groups -OCH3 is 1. The summed E-state index contributed by atoms with van der Waals surface area (Å²) in [6.45, 7) is 9.75. The van der Waals surface area contributed by atoms with Crippen LogP contribution in [0.2, 0.25) is 0 Å². The highest BCUT2D eigenvalue weighted by Gasteiger charge is 2.39. The highest BCUT2D eigenvalue weighted by molar-refractivity contribution is 8.00. The lowest BCUT2D eigenvalue weighted by atomic mass is 9.83. The number of ether oxygens (including phenoxy) is 1. The number of nitrogens with one attached hydrogen (secondary N) is 2. The van der Waals surface area contributed by atoms with Gasteiger partial charge in [-0.2, -0.15) is 0 Å². The minimum absolute atomic E-state index is 0.0214. The van der Waals surface area contributed by atoms with Gasteiger partial charge in [-0.05, 0) is 55.2 Å². The lowest BCUT2D eigenvalue weighted by Crippen LogP contribution is -2.52. The van der Waals surface area contributed by atoms with E-state index < -0.39 is 12.1 Å². The Labute approximate surface area is 225 Å². The Bertz CT molecular complexity index is 1060. The number of rotatable bonds is 8. The molecule has 1 aromatic heterocycles. The van der Waals surface area contributed by atoms with Crippen molar-refractivity contribution in [2.75, 3.05) is 13.7 Å². The monoisotopic (exact) mass is 526 g/mol. The molecule has 2 atom stereocenters. The quantitative estimate of drug-likeness (QED) is 0.380. The first-order chi connectivity index (χ1) is 17.7. The van der Waals surface area contributed by atoms with Crippen molar-refractivity contribution in [3.63, 3.8) is 0 Å². The third-order valence-corrected chi connectivity index (χ3v) is 9.74. The summed E-state index contributed by atoms with van der Waals surface area (Å²) in [5.74, 6) is 1.50. The van der Waals surface area contributed by atoms with Crippen molar-refractivity contribution in [3.8, 4) is 11.3 Å². The minimum Gasteiger partial charge on any atom is -0.453 e. The topological polar surface area (TPSA) is 87.3 Å². The zero-order valence-corrected chi connectivity index (χ0v) is 23.7. The molecule has 1 aliphatic carbocycles. The molecule has 1 aromatic carbocycles. The van der Waals surface area contributed by atoms with Crippen LogP contribution in [0, 0.1) is 11.8 Å². The van der Waals surface area contributed by atoms with Gasteiger partial charge in [0.2, 0.25) is 5.91 Å². The van der Waals surface area contributed by atoms with Gasteiger partial charge in [-0.3, -0.25) is 4.79 Å². The number of hydrogen-bond donors (Lipinski definition) is 2. The van der Waals surface area contributed by atoms with E-state index in [1.165, 1.54) is 18.4 Å². The van der Waals surface area contributed by atoms with Gasteiger partial charge in [-0.1, -0.05) is 59.1 Å². The van der Waals surface area contributed by atoms with Crippen molar-refractivity contribution in [1.29, 1.82) is 0 Å². The Morgan fingerprint density at radius 3 is 2.46 bits per heavy atom. The van der Waals surface area contributed by atoms with Crippen LogP contribution in [0.4, 0.5) is 4.79 Å². The number of thioether (sulfide) groups is 1. The summed E-state index contributed by atoms with van der Waals surface area (Å²) >= 11 is 1.90. The first-order valence-electron chi connectivity index (χ1n) is 13.7. The van der Waals surface area contributed by atoms with Gasteiger partial charge >= 0.3 is 6.09 Å². The second-order valence-electron chi connectivity index (χ2n) is 11.3. The molecule has 2 aliphatic rings. The van der Waals surface area contributed by atoms with Gasteiger partial charge in [0.25, 0.3) is 0 Å². The van der Waals surface area contributed by atoms with Crippen molar-refractivity contribution in [2.45, 2.75) is 94.4 Å². The van der Waals surface area contributed by atoms with E-state index in [4.69, 9.17) is 9.72 Å². The van der Waals surface area contributed by atoms with E-state index in [-0.39, 0.29) is 22.6 Å². The second kappa shape index (κ2) is 11.9. The Morgan fingerprint density at radius 2 is 1.81 bits per heavy atom. The third kappa shape index (κ3) is 6.51. The highest BCUT2D eigenvalue weighted by Crippen LogP contribution is 2.39. The van der Waals surface area contributed by atoms with Crippen LogP contribution in [0.25, 0.3) is 11.3 Å². The van der Waals surface area contributed by atoms with Crippen molar-refractivity contribution >= 4 is 23.8 Å². The summed E-state index contributed by atoms with van der Waals surface area (Å²) in [5, 5.41) is 2.86. The number of nitrogens with zero attached hydrogens (tertiary/aromatic N) is 2. The Kier molecular flexibility index (Phi) is 8.88. The zero-order chi connectivity index (χ0) is 26.6. The first kappa shape index (κ1) is 27.6. The van der Waals surface area contributed by atoms with Crippen LogP contribution < -0.4 is 5.32 Å². The SMILES string of the molecule is COC(=O)NC(C(=O)N1CCCC1c1ncc(-c2ccc(SC(C)(C)C(C)C)cc2)[nH]1)C1CCCCC1. The Morgan fingerprint density at radius 1 is 1.11 bits per heavy atom. The van der Waals surface area contributed by atoms with E-state index in [0.29, 0.717) is 12.5 Å². The molecule has 2 aromatic rings. The molecule has 2 fully saturated rings. The second-order valence-corrected chi connectivity index (χ2v) is 13.0. The van der Waals surface area contributed by atoms with Crippen LogP contribution in [-0.4, -0.2) is 51.3 Å². The summed E-state index contributed by atoms with van der Waals surface area (Å²) in [5.41, 5.74) is 2.03. The molecule has 0 spiro atoms. The van der Waals surface area contributed by atoms with Gasteiger partial charge in [-0.25, -0.2) is 9.78 Å². The van der Waals surface area contributed by atoms with Gasteiger partial charge in [0.15, 0.2) is 0 Å². The minimum atomic E-state index is -0.553. The van der Waals surface area contributed by atoms with Crippen molar-refractivity contribution < 1.29 is 14.3 Å². The number of benzene rings is 1. The van der Waals surface area contributed by atoms with Crippen LogP contribution in [-0.2, 0) is 9.53 Å². The predicted molar refractivity (Wildman–Crippen MR) is 148 cm³/mol. The summed E-state index contributed by atoms with van der Waals surface area (Å²) in [7, 11) is 1.34. The fourth-order valence-electron chi connectivity index (χ4n) is 5.30. The molecule has 0 radical (unpaired) electrons. The van der Waals surface area contributed by atoms with Crippen LogP contribution in [0.1, 0.15) is 84.5 Å². The van der Waals surface area contributed by atoms with Crippen LogP contribution >= 0.6 is 11.8 Å². The molecule has 202 valence electrons. The maximum Gasteiger partial charge on any atom is 0.407 e. The molecule has 2 unspecified atom stereocenters.